The van der Waals surface area contributed by atoms with Crippen LogP contribution in [-0.2, 0) is 6.42 Å². The van der Waals surface area contributed by atoms with Crippen LogP contribution < -0.4 is 5.32 Å². The van der Waals surface area contributed by atoms with Crippen LogP contribution in [0.1, 0.15) is 49.7 Å². The van der Waals surface area contributed by atoms with Crippen molar-refractivity contribution in [2.75, 3.05) is 6.54 Å². The first kappa shape index (κ1) is 10.3. The molecule has 1 heterocycles. The van der Waals surface area contributed by atoms with Gasteiger partial charge < -0.3 is 5.32 Å². The van der Waals surface area contributed by atoms with Gasteiger partial charge in [0.1, 0.15) is 0 Å². The Balaban J connectivity index is 1.96. The van der Waals surface area contributed by atoms with E-state index in [4.69, 9.17) is 0 Å². The van der Waals surface area contributed by atoms with Gasteiger partial charge in [-0.1, -0.05) is 37.6 Å². The smallest absolute Gasteiger partial charge is 0.0250 e. The molecule has 1 nitrogen and oxygen atoms in total. The lowest BCUT2D eigenvalue weighted by atomic mass is 9.67. The van der Waals surface area contributed by atoms with Gasteiger partial charge >= 0.3 is 0 Å². The quantitative estimate of drug-likeness (QED) is 0.700. The van der Waals surface area contributed by atoms with Crippen molar-refractivity contribution in [3.05, 3.63) is 35.4 Å². The average molecular weight is 215 g/mol. The summed E-state index contributed by atoms with van der Waals surface area (Å²) < 4.78 is 0. The number of piperidine rings is 1. The number of hydrogen-bond donors (Lipinski definition) is 1. The molecule has 86 valence electrons. The van der Waals surface area contributed by atoms with E-state index >= 15 is 0 Å². The third-order valence-corrected chi connectivity index (χ3v) is 4.72. The molecule has 1 saturated heterocycles. The molecule has 1 aliphatic carbocycles. The lowest BCUT2D eigenvalue weighted by Crippen LogP contribution is -2.54. The van der Waals surface area contributed by atoms with Gasteiger partial charge in [-0.15, -0.1) is 0 Å². The van der Waals surface area contributed by atoms with Gasteiger partial charge in [-0.05, 0) is 49.3 Å². The summed E-state index contributed by atoms with van der Waals surface area (Å²) in [5.41, 5.74) is 3.57. The van der Waals surface area contributed by atoms with Crippen LogP contribution in [-0.4, -0.2) is 12.1 Å². The molecule has 1 aliphatic heterocycles. The second-order valence-corrected chi connectivity index (χ2v) is 5.46. The first-order valence-corrected chi connectivity index (χ1v) is 6.65. The van der Waals surface area contributed by atoms with Crippen molar-refractivity contribution in [2.45, 2.75) is 50.5 Å². The van der Waals surface area contributed by atoms with E-state index in [2.05, 4.69) is 36.5 Å². The highest BCUT2D eigenvalue weighted by molar-refractivity contribution is 5.36. The van der Waals surface area contributed by atoms with Gasteiger partial charge in [-0.2, -0.15) is 0 Å². The summed E-state index contributed by atoms with van der Waals surface area (Å²) in [6.45, 7) is 3.63. The lowest BCUT2D eigenvalue weighted by molar-refractivity contribution is 0.190. The highest BCUT2D eigenvalue weighted by Crippen LogP contribution is 2.42. The summed E-state index contributed by atoms with van der Waals surface area (Å²) in [7, 11) is 0. The first-order valence-electron chi connectivity index (χ1n) is 6.65. The van der Waals surface area contributed by atoms with Crippen molar-refractivity contribution in [3.8, 4) is 0 Å². The van der Waals surface area contributed by atoms with Gasteiger partial charge in [0, 0.05) is 5.54 Å². The second-order valence-electron chi connectivity index (χ2n) is 5.46. The molecule has 0 amide bonds. The van der Waals surface area contributed by atoms with Gasteiger partial charge in [0.15, 0.2) is 0 Å². The molecule has 2 atom stereocenters. The van der Waals surface area contributed by atoms with Crippen molar-refractivity contribution >= 4 is 0 Å². The van der Waals surface area contributed by atoms with E-state index < -0.39 is 0 Å². The maximum absolute atomic E-state index is 3.83. The van der Waals surface area contributed by atoms with E-state index in [0.717, 1.165) is 0 Å². The van der Waals surface area contributed by atoms with Crippen LogP contribution in [0.25, 0.3) is 0 Å². The van der Waals surface area contributed by atoms with Gasteiger partial charge in [0.2, 0.25) is 0 Å². The average Bonchev–Trinajstić information content (AvgIpc) is 2.36. The molecule has 0 radical (unpaired) electrons. The Morgan fingerprint density at radius 2 is 2.06 bits per heavy atom. The zero-order chi connectivity index (χ0) is 11.0. The zero-order valence-electron chi connectivity index (χ0n) is 10.1. The monoisotopic (exact) mass is 215 g/mol. The van der Waals surface area contributed by atoms with Crippen molar-refractivity contribution < 1.29 is 0 Å². The van der Waals surface area contributed by atoms with E-state index in [9.17, 15) is 0 Å². The minimum absolute atomic E-state index is 0.409. The number of nitrogens with one attached hydrogen (secondary N) is 1. The van der Waals surface area contributed by atoms with Crippen LogP contribution in [0.3, 0.4) is 0 Å². The van der Waals surface area contributed by atoms with Crippen LogP contribution in [0.15, 0.2) is 24.3 Å². The summed E-state index contributed by atoms with van der Waals surface area (Å²) in [6.07, 6.45) is 6.71. The molecule has 3 rings (SSSR count). The molecule has 16 heavy (non-hydrogen) atoms. The maximum Gasteiger partial charge on any atom is 0.0250 e. The fourth-order valence-corrected chi connectivity index (χ4v) is 3.63. The van der Waals surface area contributed by atoms with E-state index in [1.807, 2.05) is 0 Å². The Morgan fingerprint density at radius 3 is 2.88 bits per heavy atom. The molecule has 1 N–H and O–H groups in total. The van der Waals surface area contributed by atoms with Crippen LogP contribution >= 0.6 is 0 Å². The number of rotatable bonds is 0. The molecule has 2 unspecified atom stereocenters. The van der Waals surface area contributed by atoms with Crippen LogP contribution in [0.4, 0.5) is 0 Å². The summed E-state index contributed by atoms with van der Waals surface area (Å²) in [4.78, 5) is 0. The third kappa shape index (κ3) is 1.49. The zero-order valence-corrected chi connectivity index (χ0v) is 10.1. The van der Waals surface area contributed by atoms with Crippen molar-refractivity contribution in [3.63, 3.8) is 0 Å². The number of benzene rings is 1. The van der Waals surface area contributed by atoms with Gasteiger partial charge in [0.05, 0.1) is 0 Å². The van der Waals surface area contributed by atoms with Crippen LogP contribution in [0.2, 0.25) is 0 Å². The highest BCUT2D eigenvalue weighted by atomic mass is 15.0. The summed E-state index contributed by atoms with van der Waals surface area (Å²) in [5.74, 6) is 0.678. The Hall–Kier alpha value is -0.820. The Labute approximate surface area is 98.3 Å². The molecule has 2 aliphatic rings. The standard InChI is InChI=1S/C15H21N/c1-12-14-7-3-2-6-13(14)8-10-15(12)9-4-5-11-16-15/h2-3,6-7,12,16H,4-5,8-11H2,1H3. The minimum atomic E-state index is 0.409. The molecule has 0 saturated carbocycles. The Kier molecular flexibility index (Phi) is 2.51. The molecule has 1 aromatic carbocycles. The van der Waals surface area contributed by atoms with E-state index in [1.165, 1.54) is 38.6 Å². The summed E-state index contributed by atoms with van der Waals surface area (Å²) in [6, 6.07) is 9.01. The normalized spacial score (nSPS) is 33.7. The molecule has 1 fully saturated rings. The SMILES string of the molecule is CC1c2ccccc2CCC12CCCCN2. The van der Waals surface area contributed by atoms with Crippen molar-refractivity contribution in [2.24, 2.45) is 0 Å². The number of fused-ring (bicyclic) bond motifs is 1. The second kappa shape index (κ2) is 3.89. The summed E-state index contributed by atoms with van der Waals surface area (Å²) in [5, 5.41) is 3.83. The van der Waals surface area contributed by atoms with Crippen molar-refractivity contribution in [1.82, 2.24) is 5.32 Å². The van der Waals surface area contributed by atoms with Crippen LogP contribution in [0, 0.1) is 0 Å². The molecule has 0 aromatic heterocycles. The molecule has 1 aromatic rings. The van der Waals surface area contributed by atoms with Gasteiger partial charge in [0.25, 0.3) is 0 Å². The molecule has 1 heteroatoms. The predicted octanol–water partition coefficient (Wildman–Crippen LogP) is 3.25. The van der Waals surface area contributed by atoms with Crippen molar-refractivity contribution in [1.29, 1.82) is 0 Å². The van der Waals surface area contributed by atoms with E-state index in [0.29, 0.717) is 11.5 Å². The first-order chi connectivity index (χ1) is 7.82. The number of hydrogen-bond acceptors (Lipinski definition) is 1. The third-order valence-electron chi connectivity index (χ3n) is 4.72. The maximum atomic E-state index is 3.83. The lowest BCUT2D eigenvalue weighted by Gasteiger charge is -2.47. The fourth-order valence-electron chi connectivity index (χ4n) is 3.63. The fraction of sp³-hybridized carbons (Fsp3) is 0.600. The summed E-state index contributed by atoms with van der Waals surface area (Å²) >= 11 is 0. The number of aryl methyl sites for hydroxylation is 1. The van der Waals surface area contributed by atoms with E-state index in [-0.39, 0.29) is 0 Å². The molecular weight excluding hydrogens is 194 g/mol. The Bertz CT molecular complexity index is 377. The van der Waals surface area contributed by atoms with Gasteiger partial charge in [-0.3, -0.25) is 0 Å². The topological polar surface area (TPSA) is 12.0 Å². The predicted molar refractivity (Wildman–Crippen MR) is 67.8 cm³/mol. The minimum Gasteiger partial charge on any atom is -0.311 e. The largest absolute Gasteiger partial charge is 0.311 e. The van der Waals surface area contributed by atoms with E-state index in [1.54, 1.807) is 11.1 Å². The molecular formula is C15H21N. The Morgan fingerprint density at radius 1 is 1.19 bits per heavy atom. The molecule has 0 bridgehead atoms. The molecule has 1 spiro atoms. The van der Waals surface area contributed by atoms with Crippen LogP contribution in [0.5, 0.6) is 0 Å². The van der Waals surface area contributed by atoms with Gasteiger partial charge in [-0.25, -0.2) is 0 Å². The highest BCUT2D eigenvalue weighted by Gasteiger charge is 2.40.